The van der Waals surface area contributed by atoms with Crippen LogP contribution in [0.5, 0.6) is 0 Å². The van der Waals surface area contributed by atoms with E-state index in [0.29, 0.717) is 12.4 Å². The summed E-state index contributed by atoms with van der Waals surface area (Å²) >= 11 is 0. The fraction of sp³-hybridized carbons (Fsp3) is 0.182. The Morgan fingerprint density at radius 2 is 2.12 bits per heavy atom. The molecule has 0 saturated heterocycles. The molecule has 0 spiro atoms. The van der Waals surface area contributed by atoms with Crippen molar-refractivity contribution >= 4 is 6.21 Å². The minimum absolute atomic E-state index is 0. The van der Waals surface area contributed by atoms with Crippen LogP contribution in [0.3, 0.4) is 0 Å². The number of hydrogen-bond acceptors (Lipinski definition) is 3. The Kier molecular flexibility index (Phi) is 4.66. The van der Waals surface area contributed by atoms with E-state index >= 15 is 0 Å². The first-order valence-electron chi connectivity index (χ1n) is 4.94. The highest BCUT2D eigenvalue weighted by atomic mass is 35.5. The van der Waals surface area contributed by atoms with Crippen LogP contribution in [0, 0.1) is 0 Å². The maximum atomic E-state index is 8.45. The standard InChI is InChI=1S/C11H12N4O.ClH/c1-14-9-15(13-11(14)7-12-16)8-10-5-3-2-4-6-10;/h2-7,9H,8H2,1H3;1H/b12-7-;. The molecule has 1 aromatic carbocycles. The van der Waals surface area contributed by atoms with Crippen molar-refractivity contribution in [2.75, 3.05) is 0 Å². The van der Waals surface area contributed by atoms with Crippen LogP contribution in [-0.2, 0) is 13.6 Å². The predicted octanol–water partition coefficient (Wildman–Crippen LogP) is -2.43. The summed E-state index contributed by atoms with van der Waals surface area (Å²) in [5.41, 5.74) is 1.18. The number of hydrogen-bond donors (Lipinski definition) is 1. The molecule has 2 rings (SSSR count). The van der Waals surface area contributed by atoms with Gasteiger partial charge in [0.05, 0.1) is 7.05 Å². The Morgan fingerprint density at radius 3 is 2.76 bits per heavy atom. The molecule has 0 aliphatic rings. The SMILES string of the molecule is C[n+]1cn(Cc2ccccc2)nc1/C=N\O.[Cl-]. The van der Waals surface area contributed by atoms with Gasteiger partial charge in [0, 0.05) is 5.10 Å². The number of nitrogens with zero attached hydrogens (tertiary/aromatic N) is 4. The van der Waals surface area contributed by atoms with Gasteiger partial charge in [-0.2, -0.15) is 0 Å². The summed E-state index contributed by atoms with van der Waals surface area (Å²) in [6, 6.07) is 10.1. The maximum Gasteiger partial charge on any atom is 0.323 e. The molecule has 90 valence electrons. The molecule has 0 aliphatic heterocycles. The molecule has 0 amide bonds. The van der Waals surface area contributed by atoms with Crippen LogP contribution in [0.2, 0.25) is 0 Å². The quantitative estimate of drug-likeness (QED) is 0.286. The molecule has 1 heterocycles. The normalized spacial score (nSPS) is 10.4. The van der Waals surface area contributed by atoms with Crippen molar-refractivity contribution in [1.29, 1.82) is 0 Å². The average molecular weight is 253 g/mol. The van der Waals surface area contributed by atoms with E-state index in [0.717, 1.165) is 0 Å². The topological polar surface area (TPSA) is 54.3 Å². The van der Waals surface area contributed by atoms with Crippen LogP contribution in [0.1, 0.15) is 11.4 Å². The van der Waals surface area contributed by atoms with Gasteiger partial charge in [-0.15, -0.1) is 4.68 Å². The molecule has 0 radical (unpaired) electrons. The van der Waals surface area contributed by atoms with Crippen LogP contribution >= 0.6 is 0 Å². The van der Waals surface area contributed by atoms with Gasteiger partial charge in [0.2, 0.25) is 6.33 Å². The number of halogens is 1. The summed E-state index contributed by atoms with van der Waals surface area (Å²) in [7, 11) is 1.85. The Balaban J connectivity index is 0.00000144. The van der Waals surface area contributed by atoms with E-state index in [-0.39, 0.29) is 12.4 Å². The third-order valence-electron chi connectivity index (χ3n) is 2.26. The third-order valence-corrected chi connectivity index (χ3v) is 2.26. The molecule has 1 N–H and O–H groups in total. The average Bonchev–Trinajstić information content (AvgIpc) is 2.61. The smallest absolute Gasteiger partial charge is 0.323 e. The lowest BCUT2D eigenvalue weighted by Gasteiger charge is -1.93. The number of aromatic nitrogens is 3. The summed E-state index contributed by atoms with van der Waals surface area (Å²) in [6.07, 6.45) is 3.16. The molecule has 0 bridgehead atoms. The van der Waals surface area contributed by atoms with Crippen LogP contribution in [0.25, 0.3) is 0 Å². The fourth-order valence-electron chi connectivity index (χ4n) is 1.50. The first-order chi connectivity index (χ1) is 7.79. The first-order valence-corrected chi connectivity index (χ1v) is 4.94. The van der Waals surface area contributed by atoms with E-state index in [1.165, 1.54) is 11.8 Å². The lowest BCUT2D eigenvalue weighted by molar-refractivity contribution is -0.673. The number of benzene rings is 1. The zero-order valence-corrected chi connectivity index (χ0v) is 10.1. The Morgan fingerprint density at radius 1 is 1.41 bits per heavy atom. The van der Waals surface area contributed by atoms with Gasteiger partial charge in [0.1, 0.15) is 12.8 Å². The van der Waals surface area contributed by atoms with E-state index in [1.54, 1.807) is 9.25 Å². The molecule has 0 aliphatic carbocycles. The summed E-state index contributed by atoms with van der Waals surface area (Å²) in [4.78, 5) is 0. The van der Waals surface area contributed by atoms with E-state index < -0.39 is 0 Å². The van der Waals surface area contributed by atoms with Crippen molar-refractivity contribution in [3.8, 4) is 0 Å². The van der Waals surface area contributed by atoms with Gasteiger partial charge >= 0.3 is 5.82 Å². The van der Waals surface area contributed by atoms with Crippen LogP contribution in [0.15, 0.2) is 41.8 Å². The van der Waals surface area contributed by atoms with Gasteiger partial charge in [-0.3, -0.25) is 0 Å². The largest absolute Gasteiger partial charge is 1.00 e. The number of oxime groups is 1. The molecular weight excluding hydrogens is 240 g/mol. The second kappa shape index (κ2) is 6.00. The Bertz CT molecular complexity index is 495. The molecule has 2 aromatic rings. The van der Waals surface area contributed by atoms with E-state index in [1.807, 2.05) is 43.7 Å². The maximum absolute atomic E-state index is 8.45. The second-order valence-electron chi connectivity index (χ2n) is 3.51. The molecule has 5 nitrogen and oxygen atoms in total. The van der Waals surface area contributed by atoms with Crippen LogP contribution < -0.4 is 17.0 Å². The fourth-order valence-corrected chi connectivity index (χ4v) is 1.50. The van der Waals surface area contributed by atoms with Gasteiger partial charge in [-0.25, -0.2) is 4.57 Å². The van der Waals surface area contributed by atoms with E-state index in [4.69, 9.17) is 5.21 Å². The van der Waals surface area contributed by atoms with Crippen molar-refractivity contribution < 1.29 is 22.2 Å². The zero-order chi connectivity index (χ0) is 11.4. The van der Waals surface area contributed by atoms with Gasteiger partial charge in [-0.05, 0) is 5.56 Å². The molecule has 0 fully saturated rings. The molecule has 17 heavy (non-hydrogen) atoms. The van der Waals surface area contributed by atoms with Crippen molar-refractivity contribution in [3.05, 3.63) is 48.0 Å². The summed E-state index contributed by atoms with van der Waals surface area (Å²) in [5.74, 6) is 0.610. The van der Waals surface area contributed by atoms with Crippen molar-refractivity contribution in [2.45, 2.75) is 6.54 Å². The Hall–Kier alpha value is -1.88. The molecular formula is C11H13ClN4O. The van der Waals surface area contributed by atoms with Crippen molar-refractivity contribution in [3.63, 3.8) is 0 Å². The molecule has 1 aromatic heterocycles. The molecule has 0 atom stereocenters. The number of aryl methyl sites for hydroxylation is 1. The van der Waals surface area contributed by atoms with Gasteiger partial charge in [0.25, 0.3) is 0 Å². The summed E-state index contributed by atoms with van der Waals surface area (Å²) < 4.78 is 3.59. The Labute approximate surface area is 105 Å². The second-order valence-corrected chi connectivity index (χ2v) is 3.51. The zero-order valence-electron chi connectivity index (χ0n) is 9.36. The van der Waals surface area contributed by atoms with Crippen molar-refractivity contribution in [1.82, 2.24) is 9.78 Å². The van der Waals surface area contributed by atoms with Gasteiger partial charge in [-0.1, -0.05) is 35.5 Å². The first kappa shape index (κ1) is 13.2. The highest BCUT2D eigenvalue weighted by Gasteiger charge is 2.11. The lowest BCUT2D eigenvalue weighted by atomic mass is 10.2. The van der Waals surface area contributed by atoms with Crippen LogP contribution in [0.4, 0.5) is 0 Å². The summed E-state index contributed by atoms with van der Waals surface area (Å²) in [6.45, 7) is 0.702. The van der Waals surface area contributed by atoms with E-state index in [9.17, 15) is 0 Å². The van der Waals surface area contributed by atoms with Gasteiger partial charge < -0.3 is 17.6 Å². The molecule has 0 unspecified atom stereocenters. The third kappa shape index (κ3) is 3.29. The highest BCUT2D eigenvalue weighted by molar-refractivity contribution is 5.71. The van der Waals surface area contributed by atoms with Crippen molar-refractivity contribution in [2.24, 2.45) is 12.2 Å². The molecule has 0 saturated carbocycles. The lowest BCUT2D eigenvalue weighted by Crippen LogP contribution is -3.00. The molecule has 6 heteroatoms. The van der Waals surface area contributed by atoms with E-state index in [2.05, 4.69) is 10.3 Å². The minimum Gasteiger partial charge on any atom is -1.00 e. The predicted molar refractivity (Wildman–Crippen MR) is 58.3 cm³/mol. The minimum atomic E-state index is 0. The highest BCUT2D eigenvalue weighted by Crippen LogP contribution is 2.00. The van der Waals surface area contributed by atoms with Gasteiger partial charge in [0.15, 0.2) is 0 Å². The number of rotatable bonds is 3. The monoisotopic (exact) mass is 252 g/mol. The summed E-state index contributed by atoms with van der Waals surface area (Å²) in [5, 5.41) is 15.7. The van der Waals surface area contributed by atoms with Crippen LogP contribution in [-0.4, -0.2) is 21.2 Å².